The summed E-state index contributed by atoms with van der Waals surface area (Å²) >= 11 is 3.57. The van der Waals surface area contributed by atoms with Crippen molar-refractivity contribution in [3.05, 3.63) is 57.6 Å². The summed E-state index contributed by atoms with van der Waals surface area (Å²) < 4.78 is 1.15. The summed E-state index contributed by atoms with van der Waals surface area (Å²) in [4.78, 5) is 0. The number of aryl methyl sites for hydroxylation is 2. The van der Waals surface area contributed by atoms with E-state index in [2.05, 4.69) is 47.2 Å². The van der Waals surface area contributed by atoms with Gasteiger partial charge < -0.3 is 10.4 Å². The van der Waals surface area contributed by atoms with Crippen LogP contribution in [0.3, 0.4) is 0 Å². The Kier molecular flexibility index (Phi) is 4.15. The van der Waals surface area contributed by atoms with Crippen LogP contribution in [0, 0.1) is 13.8 Å². The number of hydrogen-bond donors (Lipinski definition) is 2. The van der Waals surface area contributed by atoms with E-state index in [0.717, 1.165) is 15.7 Å². The van der Waals surface area contributed by atoms with Gasteiger partial charge in [0.1, 0.15) is 5.75 Å². The fraction of sp³-hybridized carbons (Fsp3) is 0.250. The average Bonchev–Trinajstić information content (AvgIpc) is 2.36. The first-order valence-corrected chi connectivity index (χ1v) is 7.09. The molecular formula is C16H18BrNO. The Balaban J connectivity index is 2.24. The van der Waals surface area contributed by atoms with Crippen molar-refractivity contribution in [3.63, 3.8) is 0 Å². The lowest BCUT2D eigenvalue weighted by molar-refractivity contribution is 0.465. The summed E-state index contributed by atoms with van der Waals surface area (Å²) in [5.74, 6) is 0.327. The van der Waals surface area contributed by atoms with Crippen LogP contribution < -0.4 is 5.32 Å². The lowest BCUT2D eigenvalue weighted by atomic mass is 10.1. The monoisotopic (exact) mass is 319 g/mol. The summed E-state index contributed by atoms with van der Waals surface area (Å²) in [6.45, 7) is 6.20. The molecule has 0 amide bonds. The van der Waals surface area contributed by atoms with Crippen molar-refractivity contribution in [1.82, 2.24) is 0 Å². The van der Waals surface area contributed by atoms with Crippen LogP contribution in [0.5, 0.6) is 5.75 Å². The largest absolute Gasteiger partial charge is 0.508 e. The number of benzene rings is 2. The van der Waals surface area contributed by atoms with Gasteiger partial charge in [0.2, 0.25) is 0 Å². The minimum Gasteiger partial charge on any atom is -0.508 e. The van der Waals surface area contributed by atoms with Gasteiger partial charge in [-0.15, -0.1) is 0 Å². The highest BCUT2D eigenvalue weighted by Gasteiger charge is 2.10. The summed E-state index contributed by atoms with van der Waals surface area (Å²) in [5.41, 5.74) is 4.37. The highest BCUT2D eigenvalue weighted by Crippen LogP contribution is 2.29. The molecule has 0 spiro atoms. The molecule has 0 aromatic heterocycles. The fourth-order valence-electron chi connectivity index (χ4n) is 2.21. The maximum absolute atomic E-state index is 9.86. The molecule has 1 unspecified atom stereocenters. The normalized spacial score (nSPS) is 12.2. The highest BCUT2D eigenvalue weighted by molar-refractivity contribution is 9.10. The Hall–Kier alpha value is -1.48. The van der Waals surface area contributed by atoms with Crippen molar-refractivity contribution in [1.29, 1.82) is 0 Å². The summed E-state index contributed by atoms with van der Waals surface area (Å²) in [7, 11) is 0. The molecule has 0 heterocycles. The average molecular weight is 320 g/mol. The Bertz CT molecular complexity index is 572. The molecule has 0 saturated heterocycles. The molecule has 2 nitrogen and oxygen atoms in total. The number of rotatable bonds is 3. The number of phenolic OH excluding ortho intramolecular Hbond substituents is 1. The van der Waals surface area contributed by atoms with Crippen LogP contribution >= 0.6 is 15.9 Å². The van der Waals surface area contributed by atoms with Gasteiger partial charge in [0.15, 0.2) is 0 Å². The molecule has 0 aliphatic rings. The third-order valence-corrected chi connectivity index (χ3v) is 4.47. The van der Waals surface area contributed by atoms with Crippen molar-refractivity contribution in [2.24, 2.45) is 0 Å². The van der Waals surface area contributed by atoms with Gasteiger partial charge in [-0.3, -0.25) is 0 Å². The molecule has 2 aromatic rings. The van der Waals surface area contributed by atoms with Gasteiger partial charge in [0.05, 0.1) is 6.04 Å². The van der Waals surface area contributed by atoms with E-state index in [0.29, 0.717) is 5.75 Å². The number of phenols is 1. The zero-order valence-electron chi connectivity index (χ0n) is 11.4. The number of halogens is 1. The molecule has 3 heteroatoms. The fourth-order valence-corrected chi connectivity index (χ4v) is 2.44. The summed E-state index contributed by atoms with van der Waals surface area (Å²) in [6, 6.07) is 11.7. The predicted octanol–water partition coefficient (Wildman–Crippen LogP) is 4.94. The molecular weight excluding hydrogens is 302 g/mol. The van der Waals surface area contributed by atoms with Gasteiger partial charge >= 0.3 is 0 Å². The second-order valence-corrected chi connectivity index (χ2v) is 5.64. The molecule has 1 atom stereocenters. The number of nitrogens with one attached hydrogen (secondary N) is 1. The topological polar surface area (TPSA) is 32.3 Å². The maximum atomic E-state index is 9.86. The molecule has 0 aliphatic carbocycles. The second kappa shape index (κ2) is 5.66. The lowest BCUT2D eigenvalue weighted by Gasteiger charge is -2.18. The Morgan fingerprint density at radius 1 is 1.11 bits per heavy atom. The van der Waals surface area contributed by atoms with E-state index in [-0.39, 0.29) is 6.04 Å². The van der Waals surface area contributed by atoms with E-state index in [1.165, 1.54) is 11.1 Å². The number of hydrogen-bond acceptors (Lipinski definition) is 2. The van der Waals surface area contributed by atoms with Gasteiger partial charge in [0.25, 0.3) is 0 Å². The van der Waals surface area contributed by atoms with E-state index in [1.807, 2.05) is 25.1 Å². The first-order chi connectivity index (χ1) is 8.99. The van der Waals surface area contributed by atoms with Gasteiger partial charge in [-0.1, -0.05) is 34.1 Å². The highest BCUT2D eigenvalue weighted by atomic mass is 79.9. The van der Waals surface area contributed by atoms with E-state index in [4.69, 9.17) is 0 Å². The van der Waals surface area contributed by atoms with Crippen LogP contribution in [0.2, 0.25) is 0 Å². The molecule has 2 N–H and O–H groups in total. The summed E-state index contributed by atoms with van der Waals surface area (Å²) in [6.07, 6.45) is 0. The minimum absolute atomic E-state index is 0.0566. The van der Waals surface area contributed by atoms with Crippen LogP contribution in [0.15, 0.2) is 40.9 Å². The van der Waals surface area contributed by atoms with Crippen molar-refractivity contribution < 1.29 is 5.11 Å². The lowest BCUT2D eigenvalue weighted by Crippen LogP contribution is -2.07. The van der Waals surface area contributed by atoms with E-state index < -0.39 is 0 Å². The van der Waals surface area contributed by atoms with Crippen molar-refractivity contribution in [2.45, 2.75) is 26.8 Å². The standard InChI is InChI=1S/C16H18BrNO/c1-10-8-13(9-11(2)16(10)17)18-12(3)14-6-4-5-7-15(14)19/h4-9,12,18-19H,1-3H3. The van der Waals surface area contributed by atoms with E-state index in [1.54, 1.807) is 6.07 Å². The number of aromatic hydroxyl groups is 1. The van der Waals surface area contributed by atoms with E-state index in [9.17, 15) is 5.11 Å². The third kappa shape index (κ3) is 3.10. The first kappa shape index (κ1) is 13.9. The third-order valence-electron chi connectivity index (χ3n) is 3.22. The van der Waals surface area contributed by atoms with Gasteiger partial charge in [-0.05, 0) is 50.1 Å². The number of para-hydroxylation sites is 1. The van der Waals surface area contributed by atoms with Gasteiger partial charge in [-0.25, -0.2) is 0 Å². The van der Waals surface area contributed by atoms with Crippen LogP contribution in [-0.2, 0) is 0 Å². The number of anilines is 1. The van der Waals surface area contributed by atoms with Crippen molar-refractivity contribution in [2.75, 3.05) is 5.32 Å². The molecule has 19 heavy (non-hydrogen) atoms. The van der Waals surface area contributed by atoms with E-state index >= 15 is 0 Å². The quantitative estimate of drug-likeness (QED) is 0.839. The zero-order chi connectivity index (χ0) is 14.0. The Morgan fingerprint density at radius 3 is 2.26 bits per heavy atom. The van der Waals surface area contributed by atoms with Crippen molar-refractivity contribution in [3.8, 4) is 5.75 Å². The molecule has 0 radical (unpaired) electrons. The molecule has 100 valence electrons. The molecule has 0 fully saturated rings. The molecule has 2 rings (SSSR count). The van der Waals surface area contributed by atoms with Crippen LogP contribution in [0.1, 0.15) is 29.7 Å². The SMILES string of the molecule is Cc1cc(NC(C)c2ccccc2O)cc(C)c1Br. The molecule has 0 aliphatic heterocycles. The van der Waals surface area contributed by atoms with Gasteiger partial charge in [-0.2, -0.15) is 0 Å². The van der Waals surface area contributed by atoms with Crippen LogP contribution in [-0.4, -0.2) is 5.11 Å². The Labute approximate surface area is 122 Å². The predicted molar refractivity (Wildman–Crippen MR) is 83.8 cm³/mol. The van der Waals surface area contributed by atoms with Crippen LogP contribution in [0.25, 0.3) is 0 Å². The zero-order valence-corrected chi connectivity index (χ0v) is 13.0. The maximum Gasteiger partial charge on any atom is 0.120 e. The smallest absolute Gasteiger partial charge is 0.120 e. The van der Waals surface area contributed by atoms with Crippen LogP contribution in [0.4, 0.5) is 5.69 Å². The second-order valence-electron chi connectivity index (χ2n) is 4.85. The Morgan fingerprint density at radius 2 is 1.68 bits per heavy atom. The molecule has 2 aromatic carbocycles. The van der Waals surface area contributed by atoms with Gasteiger partial charge in [0, 0.05) is 15.7 Å². The molecule has 0 saturated carbocycles. The molecule has 0 bridgehead atoms. The minimum atomic E-state index is 0.0566. The van der Waals surface area contributed by atoms with Crippen molar-refractivity contribution >= 4 is 21.6 Å². The first-order valence-electron chi connectivity index (χ1n) is 6.30. The summed E-state index contributed by atoms with van der Waals surface area (Å²) in [5, 5.41) is 13.3.